The predicted octanol–water partition coefficient (Wildman–Crippen LogP) is 5.16. The van der Waals surface area contributed by atoms with Gasteiger partial charge < -0.3 is 20.4 Å². The second-order valence-corrected chi connectivity index (χ2v) is 12.3. The van der Waals surface area contributed by atoms with Crippen LogP contribution < -0.4 is 0 Å². The zero-order chi connectivity index (χ0) is 24.2. The van der Waals surface area contributed by atoms with Crippen molar-refractivity contribution in [1.82, 2.24) is 0 Å². The van der Waals surface area contributed by atoms with Crippen LogP contribution in [0.2, 0.25) is 0 Å². The Kier molecular flexibility index (Phi) is 9.35. The van der Waals surface area contributed by atoms with Crippen LogP contribution in [0.15, 0.2) is 34.9 Å². The van der Waals surface area contributed by atoms with Gasteiger partial charge in [0, 0.05) is 11.0 Å². The van der Waals surface area contributed by atoms with Crippen LogP contribution in [0, 0.1) is 17.3 Å². The maximum atomic E-state index is 10.7. The summed E-state index contributed by atoms with van der Waals surface area (Å²) in [7, 11) is 0. The van der Waals surface area contributed by atoms with Gasteiger partial charge >= 0.3 is 0 Å². The van der Waals surface area contributed by atoms with Crippen molar-refractivity contribution in [3.05, 3.63) is 34.9 Å². The third kappa shape index (κ3) is 5.98. The summed E-state index contributed by atoms with van der Waals surface area (Å²) in [6.45, 7) is 8.89. The van der Waals surface area contributed by atoms with Gasteiger partial charge in [0.15, 0.2) is 0 Å². The maximum Gasteiger partial charge on any atom is 0.0813 e. The number of thioether (sulfide) groups is 1. The topological polar surface area (TPSA) is 80.9 Å². The minimum Gasteiger partial charge on any atom is -0.392 e. The molecule has 4 N–H and O–H groups in total. The van der Waals surface area contributed by atoms with E-state index >= 15 is 0 Å². The first-order valence-electron chi connectivity index (χ1n) is 13.1. The average Bonchev–Trinajstić information content (AvgIpc) is 3.15. The van der Waals surface area contributed by atoms with Gasteiger partial charge in [0.05, 0.1) is 24.4 Å². The minimum atomic E-state index is -0.708. The van der Waals surface area contributed by atoms with E-state index in [9.17, 15) is 15.3 Å². The number of fused-ring (bicyclic) bond motifs is 1. The van der Waals surface area contributed by atoms with Crippen molar-refractivity contribution < 1.29 is 20.4 Å². The second-order valence-electron chi connectivity index (χ2n) is 10.9. The number of hydrogen-bond acceptors (Lipinski definition) is 5. The fourth-order valence-electron chi connectivity index (χ4n) is 6.68. The molecule has 0 aromatic rings. The summed E-state index contributed by atoms with van der Waals surface area (Å²) in [6, 6.07) is 0. The van der Waals surface area contributed by atoms with E-state index in [1.165, 1.54) is 37.3 Å². The normalized spacial score (nSPS) is 35.0. The van der Waals surface area contributed by atoms with Crippen LogP contribution in [0.1, 0.15) is 85.5 Å². The molecular weight excluding hydrogens is 432 g/mol. The van der Waals surface area contributed by atoms with Gasteiger partial charge in [-0.25, -0.2) is 0 Å². The van der Waals surface area contributed by atoms with Gasteiger partial charge in [-0.1, -0.05) is 57.1 Å². The van der Waals surface area contributed by atoms with Gasteiger partial charge in [0.25, 0.3) is 0 Å². The Morgan fingerprint density at radius 3 is 2.39 bits per heavy atom. The summed E-state index contributed by atoms with van der Waals surface area (Å²) in [5.41, 5.74) is 2.95. The van der Waals surface area contributed by atoms with Crippen LogP contribution in [0.25, 0.3) is 0 Å². The Morgan fingerprint density at radius 1 is 1.12 bits per heavy atom. The molecule has 0 heterocycles. The van der Waals surface area contributed by atoms with Gasteiger partial charge in [-0.2, -0.15) is 11.8 Å². The molecule has 0 bridgehead atoms. The van der Waals surface area contributed by atoms with E-state index in [1.807, 2.05) is 11.8 Å². The molecule has 0 unspecified atom stereocenters. The van der Waals surface area contributed by atoms with Crippen LogP contribution in [0.5, 0.6) is 0 Å². The molecule has 6 atom stereocenters. The van der Waals surface area contributed by atoms with Crippen molar-refractivity contribution in [3.63, 3.8) is 0 Å². The highest BCUT2D eigenvalue weighted by Crippen LogP contribution is 2.59. The Bertz CT molecular complexity index is 737. The van der Waals surface area contributed by atoms with Crippen molar-refractivity contribution >= 4 is 11.8 Å². The summed E-state index contributed by atoms with van der Waals surface area (Å²) < 4.78 is 0. The molecule has 188 valence electrons. The first-order chi connectivity index (χ1) is 15.7. The number of aliphatic hydroxyl groups excluding tert-OH is 3. The van der Waals surface area contributed by atoms with E-state index in [2.05, 4.69) is 39.8 Å². The Balaban J connectivity index is 1.70. The quantitative estimate of drug-likeness (QED) is 0.362. The second kappa shape index (κ2) is 11.4. The van der Waals surface area contributed by atoms with E-state index in [0.717, 1.165) is 30.6 Å². The SMILES string of the molecule is CCC(O)(CC)CS[C@@H](C)[C@H]1CC[C@H]2/C(=C/C=C3C[C@@H](O)C(=CCO)[C@H](O)C3)CCC[C@]12C. The molecule has 0 amide bonds. The smallest absolute Gasteiger partial charge is 0.0813 e. The van der Waals surface area contributed by atoms with E-state index in [1.54, 1.807) is 0 Å². The number of rotatable bonds is 8. The molecule has 0 aromatic heterocycles. The third-order valence-electron chi connectivity index (χ3n) is 9.08. The molecule has 3 saturated carbocycles. The summed E-state index contributed by atoms with van der Waals surface area (Å²) in [5.74, 6) is 2.10. The van der Waals surface area contributed by atoms with E-state index in [4.69, 9.17) is 5.11 Å². The highest BCUT2D eigenvalue weighted by atomic mass is 32.2. The zero-order valence-electron chi connectivity index (χ0n) is 21.1. The van der Waals surface area contributed by atoms with Crippen molar-refractivity contribution in [2.75, 3.05) is 12.4 Å². The summed E-state index contributed by atoms with van der Waals surface area (Å²) >= 11 is 1.97. The zero-order valence-corrected chi connectivity index (χ0v) is 21.9. The average molecular weight is 479 g/mol. The Morgan fingerprint density at radius 2 is 1.79 bits per heavy atom. The lowest BCUT2D eigenvalue weighted by molar-refractivity contribution is 0.0567. The molecule has 5 heteroatoms. The summed E-state index contributed by atoms with van der Waals surface area (Å²) in [6.07, 6.45) is 13.4. The molecule has 3 aliphatic rings. The predicted molar refractivity (Wildman–Crippen MR) is 138 cm³/mol. The van der Waals surface area contributed by atoms with Crippen molar-refractivity contribution in [1.29, 1.82) is 0 Å². The minimum absolute atomic E-state index is 0.152. The number of aliphatic hydroxyl groups is 4. The molecule has 33 heavy (non-hydrogen) atoms. The lowest BCUT2D eigenvalue weighted by Gasteiger charge is -2.44. The van der Waals surface area contributed by atoms with Gasteiger partial charge in [0.1, 0.15) is 0 Å². The molecule has 3 fully saturated rings. The summed E-state index contributed by atoms with van der Waals surface area (Å²) in [5, 5.41) is 41.2. The molecule has 0 radical (unpaired) electrons. The number of hydrogen-bond donors (Lipinski definition) is 4. The first-order valence-corrected chi connectivity index (χ1v) is 14.1. The fourth-order valence-corrected chi connectivity index (χ4v) is 8.34. The van der Waals surface area contributed by atoms with Crippen LogP contribution in [-0.2, 0) is 0 Å². The standard InChI is InChI=1S/C28H46O4S/c1-5-28(32,6-2)18-33-19(3)23-11-12-24-21(8-7-14-27(23,24)4)10-9-20-16-25(30)22(13-15-29)26(31)17-20/h9-10,13,19,23-26,29-32H,5-8,11-12,14-18H2,1-4H3/b20-9?,21-10+,22-13?/t19-,23+,24-,25+,26+,27+/m0/s1. The molecule has 0 spiro atoms. The third-order valence-corrected chi connectivity index (χ3v) is 10.6. The highest BCUT2D eigenvalue weighted by molar-refractivity contribution is 7.99. The van der Waals surface area contributed by atoms with Crippen molar-refractivity contribution in [3.8, 4) is 0 Å². The molecule has 3 rings (SSSR count). The van der Waals surface area contributed by atoms with E-state index in [0.29, 0.717) is 40.9 Å². The fraction of sp³-hybridized carbons (Fsp3) is 0.786. The van der Waals surface area contributed by atoms with E-state index in [-0.39, 0.29) is 6.61 Å². The lowest BCUT2D eigenvalue weighted by Crippen LogP contribution is -2.38. The van der Waals surface area contributed by atoms with E-state index < -0.39 is 17.8 Å². The molecule has 4 nitrogen and oxygen atoms in total. The highest BCUT2D eigenvalue weighted by Gasteiger charge is 2.51. The molecule has 3 aliphatic carbocycles. The number of allylic oxidation sites excluding steroid dienone is 3. The van der Waals surface area contributed by atoms with Crippen molar-refractivity contribution in [2.45, 2.75) is 109 Å². The van der Waals surface area contributed by atoms with Gasteiger partial charge in [-0.05, 0) is 80.6 Å². The van der Waals surface area contributed by atoms with Crippen molar-refractivity contribution in [2.24, 2.45) is 17.3 Å². The van der Waals surface area contributed by atoms with Crippen LogP contribution in [0.3, 0.4) is 0 Å². The molecule has 0 saturated heterocycles. The maximum absolute atomic E-state index is 10.7. The Hall–Kier alpha value is -0.590. The Labute approximate surface area is 205 Å². The summed E-state index contributed by atoms with van der Waals surface area (Å²) in [4.78, 5) is 0. The monoisotopic (exact) mass is 478 g/mol. The first kappa shape index (κ1) is 27.0. The molecule has 0 aliphatic heterocycles. The van der Waals surface area contributed by atoms with Crippen LogP contribution in [0.4, 0.5) is 0 Å². The van der Waals surface area contributed by atoms with Gasteiger partial charge in [-0.15, -0.1) is 0 Å². The molecule has 0 aromatic carbocycles. The lowest BCUT2D eigenvalue weighted by atomic mass is 9.63. The largest absolute Gasteiger partial charge is 0.392 e. The van der Waals surface area contributed by atoms with Crippen LogP contribution >= 0.6 is 11.8 Å². The van der Waals surface area contributed by atoms with Gasteiger partial charge in [-0.3, -0.25) is 0 Å². The van der Waals surface area contributed by atoms with Crippen LogP contribution in [-0.4, -0.2) is 55.8 Å². The molecular formula is C28H46O4S. The van der Waals surface area contributed by atoms with Gasteiger partial charge in [0.2, 0.25) is 0 Å².